The Kier molecular flexibility index (Phi) is 5.13. The molecule has 9 heteroatoms. The van der Waals surface area contributed by atoms with Crippen LogP contribution in [0.25, 0.3) is 0 Å². The molecule has 3 aliphatic rings. The number of carbonyl (C=O) groups is 1. The van der Waals surface area contributed by atoms with Crippen molar-refractivity contribution in [2.45, 2.75) is 62.7 Å². The maximum atomic E-state index is 12.4. The van der Waals surface area contributed by atoms with E-state index in [9.17, 15) is 14.9 Å². The summed E-state index contributed by atoms with van der Waals surface area (Å²) in [6.45, 7) is 0.951. The number of fused-ring (bicyclic) bond motifs is 2. The average molecular weight is 384 g/mol. The summed E-state index contributed by atoms with van der Waals surface area (Å²) in [6.07, 6.45) is 6.96. The van der Waals surface area contributed by atoms with Crippen molar-refractivity contribution in [3.63, 3.8) is 0 Å². The highest BCUT2D eigenvalue weighted by Gasteiger charge is 2.41. The second-order valence-electron chi connectivity index (χ2n) is 7.85. The Morgan fingerprint density at radius 3 is 2.68 bits per heavy atom. The van der Waals surface area contributed by atoms with Crippen LogP contribution in [0.1, 0.15) is 38.5 Å². The summed E-state index contributed by atoms with van der Waals surface area (Å²) in [5.41, 5.74) is 0.00347. The van der Waals surface area contributed by atoms with E-state index in [2.05, 4.69) is 21.3 Å². The molecule has 3 aliphatic heterocycles. The van der Waals surface area contributed by atoms with Crippen molar-refractivity contribution in [3.05, 3.63) is 28.4 Å². The summed E-state index contributed by atoms with van der Waals surface area (Å²) in [5, 5.41) is 23.4. The smallest absolute Gasteiger partial charge is 0.287 e. The number of hydrogen-bond donors (Lipinski definition) is 1. The molecule has 0 aliphatic carbocycles. The minimum absolute atomic E-state index is 0.00347. The van der Waals surface area contributed by atoms with Gasteiger partial charge in [0, 0.05) is 30.7 Å². The Bertz CT molecular complexity index is 778. The SMILES string of the molecule is N#CC1CCCN1C(=O)CNC1C[C@@H]2CC[C@@H](C1)N2c1ccc([N+](=O)[O-])cn1. The third-order valence-corrected chi connectivity index (χ3v) is 6.20. The minimum atomic E-state index is -0.435. The zero-order chi connectivity index (χ0) is 19.7. The van der Waals surface area contributed by atoms with Crippen LogP contribution in [0.2, 0.25) is 0 Å². The quantitative estimate of drug-likeness (QED) is 0.605. The summed E-state index contributed by atoms with van der Waals surface area (Å²) in [6, 6.07) is 6.10. The van der Waals surface area contributed by atoms with Gasteiger partial charge in [0.1, 0.15) is 18.1 Å². The first kappa shape index (κ1) is 18.6. The van der Waals surface area contributed by atoms with Crippen LogP contribution in [0.3, 0.4) is 0 Å². The van der Waals surface area contributed by atoms with Gasteiger partial charge >= 0.3 is 0 Å². The van der Waals surface area contributed by atoms with Gasteiger partial charge in [-0.3, -0.25) is 14.9 Å². The first-order chi connectivity index (χ1) is 13.6. The Hall–Kier alpha value is -2.73. The molecule has 1 N–H and O–H groups in total. The molecule has 0 radical (unpaired) electrons. The number of carbonyl (C=O) groups excluding carboxylic acids is 1. The van der Waals surface area contributed by atoms with E-state index in [1.807, 2.05) is 0 Å². The number of nitro groups is 1. The van der Waals surface area contributed by atoms with Crippen LogP contribution in [0.15, 0.2) is 18.3 Å². The summed E-state index contributed by atoms with van der Waals surface area (Å²) < 4.78 is 0. The predicted octanol–water partition coefficient (Wildman–Crippen LogP) is 1.59. The third-order valence-electron chi connectivity index (χ3n) is 6.20. The summed E-state index contributed by atoms with van der Waals surface area (Å²) in [5.74, 6) is 0.803. The molecule has 0 aromatic carbocycles. The molecule has 1 amide bonds. The van der Waals surface area contributed by atoms with Crippen LogP contribution < -0.4 is 10.2 Å². The molecule has 1 aromatic heterocycles. The zero-order valence-corrected chi connectivity index (χ0v) is 15.7. The van der Waals surface area contributed by atoms with Crippen molar-refractivity contribution in [1.29, 1.82) is 5.26 Å². The Balaban J connectivity index is 1.34. The van der Waals surface area contributed by atoms with Gasteiger partial charge < -0.3 is 15.1 Å². The van der Waals surface area contributed by atoms with E-state index >= 15 is 0 Å². The maximum Gasteiger partial charge on any atom is 0.287 e. The molecule has 3 saturated heterocycles. The van der Waals surface area contributed by atoms with Gasteiger partial charge in [-0.2, -0.15) is 5.26 Å². The molecule has 9 nitrogen and oxygen atoms in total. The number of nitrogens with zero attached hydrogens (tertiary/aromatic N) is 5. The zero-order valence-electron chi connectivity index (χ0n) is 15.7. The molecule has 4 rings (SSSR count). The number of amides is 1. The van der Waals surface area contributed by atoms with Crippen molar-refractivity contribution in [3.8, 4) is 6.07 Å². The van der Waals surface area contributed by atoms with E-state index < -0.39 is 4.92 Å². The third kappa shape index (κ3) is 3.52. The fraction of sp³-hybridized carbons (Fsp3) is 0.632. The number of rotatable bonds is 5. The first-order valence-corrected chi connectivity index (χ1v) is 9.88. The van der Waals surface area contributed by atoms with Gasteiger partial charge in [0.2, 0.25) is 5.91 Å². The second-order valence-corrected chi connectivity index (χ2v) is 7.85. The number of nitriles is 1. The number of pyridine rings is 1. The van der Waals surface area contributed by atoms with Crippen LogP contribution in [-0.4, -0.2) is 58.0 Å². The lowest BCUT2D eigenvalue weighted by Crippen LogP contribution is -2.51. The van der Waals surface area contributed by atoms with Gasteiger partial charge in [0.05, 0.1) is 17.5 Å². The topological polar surface area (TPSA) is 115 Å². The normalized spacial score (nSPS) is 29.0. The second kappa shape index (κ2) is 7.72. The molecule has 0 spiro atoms. The van der Waals surface area contributed by atoms with Crippen LogP contribution >= 0.6 is 0 Å². The molecule has 1 unspecified atom stereocenters. The first-order valence-electron chi connectivity index (χ1n) is 9.88. The van der Waals surface area contributed by atoms with E-state index in [1.165, 1.54) is 12.3 Å². The number of anilines is 1. The van der Waals surface area contributed by atoms with Crippen LogP contribution in [0.5, 0.6) is 0 Å². The molecule has 0 saturated carbocycles. The molecular weight excluding hydrogens is 360 g/mol. The molecule has 2 bridgehead atoms. The average Bonchev–Trinajstić information content (AvgIpc) is 3.28. The largest absolute Gasteiger partial charge is 0.351 e. The number of hydrogen-bond acceptors (Lipinski definition) is 7. The van der Waals surface area contributed by atoms with E-state index in [0.29, 0.717) is 18.6 Å². The van der Waals surface area contributed by atoms with Crippen molar-refractivity contribution in [2.24, 2.45) is 0 Å². The Morgan fingerprint density at radius 1 is 1.32 bits per heavy atom. The van der Waals surface area contributed by atoms with E-state index in [-0.39, 0.29) is 30.2 Å². The lowest BCUT2D eigenvalue weighted by Gasteiger charge is -2.40. The van der Waals surface area contributed by atoms with Crippen molar-refractivity contribution >= 4 is 17.4 Å². The minimum Gasteiger partial charge on any atom is -0.351 e. The van der Waals surface area contributed by atoms with Crippen LogP contribution in [0.4, 0.5) is 11.5 Å². The molecule has 28 heavy (non-hydrogen) atoms. The Labute approximate surface area is 163 Å². The highest BCUT2D eigenvalue weighted by molar-refractivity contribution is 5.79. The monoisotopic (exact) mass is 384 g/mol. The molecule has 4 heterocycles. The number of aromatic nitrogens is 1. The van der Waals surface area contributed by atoms with Gasteiger partial charge in [-0.15, -0.1) is 0 Å². The molecule has 3 fully saturated rings. The van der Waals surface area contributed by atoms with Crippen molar-refractivity contribution in [1.82, 2.24) is 15.2 Å². The number of nitrogens with one attached hydrogen (secondary N) is 1. The summed E-state index contributed by atoms with van der Waals surface area (Å²) in [4.78, 5) is 31.1. The van der Waals surface area contributed by atoms with E-state index in [1.54, 1.807) is 11.0 Å². The van der Waals surface area contributed by atoms with Gasteiger partial charge in [0.25, 0.3) is 5.69 Å². The number of likely N-dealkylation sites (tertiary alicyclic amines) is 1. The van der Waals surface area contributed by atoms with E-state index in [0.717, 1.165) is 44.3 Å². The van der Waals surface area contributed by atoms with E-state index in [4.69, 9.17) is 5.26 Å². The highest BCUT2D eigenvalue weighted by atomic mass is 16.6. The van der Waals surface area contributed by atoms with Gasteiger partial charge in [0.15, 0.2) is 0 Å². The molecule has 3 atom stereocenters. The maximum absolute atomic E-state index is 12.4. The molecule has 148 valence electrons. The number of piperidine rings is 1. The predicted molar refractivity (Wildman–Crippen MR) is 102 cm³/mol. The van der Waals surface area contributed by atoms with Gasteiger partial charge in [-0.05, 0) is 44.6 Å². The summed E-state index contributed by atoms with van der Waals surface area (Å²) >= 11 is 0. The molecule has 1 aromatic rings. The lowest BCUT2D eigenvalue weighted by atomic mass is 9.97. The van der Waals surface area contributed by atoms with Gasteiger partial charge in [-0.25, -0.2) is 4.98 Å². The molecular formula is C19H24N6O3. The van der Waals surface area contributed by atoms with Crippen LogP contribution in [0, 0.1) is 21.4 Å². The van der Waals surface area contributed by atoms with Crippen molar-refractivity contribution in [2.75, 3.05) is 18.0 Å². The van der Waals surface area contributed by atoms with Gasteiger partial charge in [-0.1, -0.05) is 0 Å². The fourth-order valence-electron chi connectivity index (χ4n) is 4.89. The standard InChI is InChI=1S/C19H24N6O3/c20-10-16-2-1-7-23(16)19(26)12-21-13-8-14-3-4-15(9-13)24(14)18-6-5-17(11-22-18)25(27)28/h5-6,11,13-16,21H,1-4,7-9,12H2/t14-,15-,16?/m0/s1. The Morgan fingerprint density at radius 2 is 2.07 bits per heavy atom. The lowest BCUT2D eigenvalue weighted by molar-refractivity contribution is -0.385. The van der Waals surface area contributed by atoms with Crippen LogP contribution in [-0.2, 0) is 4.79 Å². The summed E-state index contributed by atoms with van der Waals surface area (Å²) in [7, 11) is 0. The highest BCUT2D eigenvalue weighted by Crippen LogP contribution is 2.38. The van der Waals surface area contributed by atoms with Crippen molar-refractivity contribution < 1.29 is 9.72 Å². The fourth-order valence-corrected chi connectivity index (χ4v) is 4.89.